The zero-order chi connectivity index (χ0) is 13.8. The van der Waals surface area contributed by atoms with Crippen molar-refractivity contribution in [2.45, 2.75) is 6.61 Å². The number of nitrogens with one attached hydrogen (secondary N) is 1. The molecule has 0 amide bonds. The number of pyridine rings is 1. The van der Waals surface area contributed by atoms with Gasteiger partial charge in [0.2, 0.25) is 0 Å². The number of aromatic nitrogens is 1. The maximum atomic E-state index is 5.81. The van der Waals surface area contributed by atoms with Crippen molar-refractivity contribution < 1.29 is 4.74 Å². The summed E-state index contributed by atoms with van der Waals surface area (Å²) in [7, 11) is 1.86. The van der Waals surface area contributed by atoms with Gasteiger partial charge in [-0.05, 0) is 35.0 Å². The molecule has 1 aromatic heterocycles. The molecule has 20 heavy (non-hydrogen) atoms. The van der Waals surface area contributed by atoms with Gasteiger partial charge in [0, 0.05) is 7.05 Å². The van der Waals surface area contributed by atoms with Crippen molar-refractivity contribution in [2.24, 2.45) is 0 Å². The molecule has 0 aliphatic carbocycles. The van der Waals surface area contributed by atoms with Gasteiger partial charge in [-0.2, -0.15) is 0 Å². The minimum atomic E-state index is 0.466. The van der Waals surface area contributed by atoms with Crippen molar-refractivity contribution in [3.63, 3.8) is 0 Å². The van der Waals surface area contributed by atoms with Crippen molar-refractivity contribution in [2.75, 3.05) is 12.4 Å². The second-order valence-corrected chi connectivity index (χ2v) is 4.56. The first-order chi connectivity index (χ1) is 9.85. The van der Waals surface area contributed by atoms with E-state index >= 15 is 0 Å². The number of benzene rings is 2. The maximum absolute atomic E-state index is 5.81. The van der Waals surface area contributed by atoms with E-state index in [1.54, 1.807) is 0 Å². The summed E-state index contributed by atoms with van der Waals surface area (Å²) in [6.45, 7) is 0.466. The Kier molecular flexibility index (Phi) is 3.50. The molecule has 3 heteroatoms. The summed E-state index contributed by atoms with van der Waals surface area (Å²) in [5.41, 5.74) is 0.907. The van der Waals surface area contributed by atoms with E-state index in [4.69, 9.17) is 4.74 Å². The molecule has 0 aliphatic heterocycles. The summed E-state index contributed by atoms with van der Waals surface area (Å²) in [4.78, 5) is 4.43. The molecule has 3 rings (SSSR count). The predicted molar refractivity (Wildman–Crippen MR) is 82.1 cm³/mol. The van der Waals surface area contributed by atoms with E-state index in [-0.39, 0.29) is 0 Å². The van der Waals surface area contributed by atoms with Gasteiger partial charge in [-0.15, -0.1) is 0 Å². The average molecular weight is 264 g/mol. The molecule has 0 bridgehead atoms. The van der Waals surface area contributed by atoms with Crippen LogP contribution in [0.15, 0.2) is 60.7 Å². The van der Waals surface area contributed by atoms with Crippen LogP contribution in [0.3, 0.4) is 0 Å². The van der Waals surface area contributed by atoms with Gasteiger partial charge in [-0.25, -0.2) is 4.98 Å². The number of ether oxygens (including phenoxy) is 1. The molecule has 3 nitrogen and oxygen atoms in total. The summed E-state index contributed by atoms with van der Waals surface area (Å²) < 4.78 is 5.81. The molecular weight excluding hydrogens is 248 g/mol. The largest absolute Gasteiger partial charge is 0.487 e. The third kappa shape index (κ3) is 2.72. The van der Waals surface area contributed by atoms with E-state index in [1.165, 1.54) is 10.8 Å². The highest BCUT2D eigenvalue weighted by atomic mass is 16.5. The van der Waals surface area contributed by atoms with Crippen LogP contribution in [-0.4, -0.2) is 12.0 Å². The number of fused-ring (bicyclic) bond motifs is 1. The number of rotatable bonds is 4. The Labute approximate surface area is 118 Å². The summed E-state index contributed by atoms with van der Waals surface area (Å²) >= 11 is 0. The highest BCUT2D eigenvalue weighted by Crippen LogP contribution is 2.21. The minimum Gasteiger partial charge on any atom is -0.487 e. The Bertz CT molecular complexity index is 725. The first kappa shape index (κ1) is 12.5. The lowest BCUT2D eigenvalue weighted by atomic mass is 10.1. The molecule has 0 fully saturated rings. The van der Waals surface area contributed by atoms with Crippen LogP contribution < -0.4 is 10.1 Å². The normalized spacial score (nSPS) is 10.4. The molecule has 0 saturated heterocycles. The molecule has 3 aromatic rings. The Morgan fingerprint density at radius 2 is 1.80 bits per heavy atom. The molecule has 1 heterocycles. The van der Waals surface area contributed by atoms with Crippen molar-refractivity contribution in [3.8, 4) is 5.75 Å². The van der Waals surface area contributed by atoms with Gasteiger partial charge in [0.05, 0.1) is 5.69 Å². The quantitative estimate of drug-likeness (QED) is 0.777. The van der Waals surface area contributed by atoms with Crippen LogP contribution in [0.2, 0.25) is 0 Å². The van der Waals surface area contributed by atoms with Crippen LogP contribution in [0.5, 0.6) is 5.75 Å². The summed E-state index contributed by atoms with van der Waals surface area (Å²) in [5.74, 6) is 1.71. The number of hydrogen-bond acceptors (Lipinski definition) is 3. The zero-order valence-corrected chi connectivity index (χ0v) is 11.3. The van der Waals surface area contributed by atoms with Crippen LogP contribution in [-0.2, 0) is 6.61 Å². The van der Waals surface area contributed by atoms with Crippen LogP contribution in [0.4, 0.5) is 5.82 Å². The molecule has 0 radical (unpaired) electrons. The third-order valence-corrected chi connectivity index (χ3v) is 3.17. The van der Waals surface area contributed by atoms with E-state index in [0.717, 1.165) is 17.3 Å². The molecule has 0 unspecified atom stereocenters. The molecule has 1 N–H and O–H groups in total. The SMILES string of the molecule is CNc1cccc(COc2ccc3ccccc3c2)n1. The Morgan fingerprint density at radius 3 is 2.65 bits per heavy atom. The highest BCUT2D eigenvalue weighted by Gasteiger charge is 2.00. The van der Waals surface area contributed by atoms with Gasteiger partial charge >= 0.3 is 0 Å². The van der Waals surface area contributed by atoms with Crippen LogP contribution in [0.25, 0.3) is 10.8 Å². The molecule has 100 valence electrons. The van der Waals surface area contributed by atoms with Crippen molar-refractivity contribution in [3.05, 3.63) is 66.4 Å². The smallest absolute Gasteiger partial charge is 0.130 e. The first-order valence-electron chi connectivity index (χ1n) is 6.60. The van der Waals surface area contributed by atoms with Crippen LogP contribution >= 0.6 is 0 Å². The predicted octanol–water partition coefficient (Wildman–Crippen LogP) is 3.86. The van der Waals surface area contributed by atoms with Gasteiger partial charge < -0.3 is 10.1 Å². The average Bonchev–Trinajstić information content (AvgIpc) is 2.53. The summed E-state index contributed by atoms with van der Waals surface area (Å²) in [5, 5.41) is 5.42. The zero-order valence-electron chi connectivity index (χ0n) is 11.3. The van der Waals surface area contributed by atoms with Crippen LogP contribution in [0.1, 0.15) is 5.69 Å². The van der Waals surface area contributed by atoms with Crippen molar-refractivity contribution in [1.82, 2.24) is 4.98 Å². The highest BCUT2D eigenvalue weighted by molar-refractivity contribution is 5.83. The maximum Gasteiger partial charge on any atom is 0.130 e. The fraction of sp³-hybridized carbons (Fsp3) is 0.118. The standard InChI is InChI=1S/C17H16N2O/c1-18-17-8-4-7-15(19-17)12-20-16-10-9-13-5-2-3-6-14(13)11-16/h2-11H,12H2,1H3,(H,18,19). The van der Waals surface area contributed by atoms with E-state index in [2.05, 4.69) is 34.6 Å². The Hall–Kier alpha value is -2.55. The van der Waals surface area contributed by atoms with Crippen LogP contribution in [0, 0.1) is 0 Å². The number of nitrogens with zero attached hydrogens (tertiary/aromatic N) is 1. The molecule has 0 aliphatic rings. The van der Waals surface area contributed by atoms with E-state index in [1.807, 2.05) is 43.4 Å². The van der Waals surface area contributed by atoms with E-state index in [0.29, 0.717) is 6.61 Å². The summed E-state index contributed by atoms with van der Waals surface area (Å²) in [6.07, 6.45) is 0. The van der Waals surface area contributed by atoms with Crippen molar-refractivity contribution >= 4 is 16.6 Å². The monoisotopic (exact) mass is 264 g/mol. The molecule has 0 atom stereocenters. The van der Waals surface area contributed by atoms with Gasteiger partial charge in [-0.3, -0.25) is 0 Å². The van der Waals surface area contributed by atoms with E-state index < -0.39 is 0 Å². The van der Waals surface area contributed by atoms with Gasteiger partial charge in [0.1, 0.15) is 18.2 Å². The Morgan fingerprint density at radius 1 is 0.950 bits per heavy atom. The second-order valence-electron chi connectivity index (χ2n) is 4.56. The first-order valence-corrected chi connectivity index (χ1v) is 6.60. The van der Waals surface area contributed by atoms with Gasteiger partial charge in [0.25, 0.3) is 0 Å². The minimum absolute atomic E-state index is 0.466. The third-order valence-electron chi connectivity index (χ3n) is 3.17. The van der Waals surface area contributed by atoms with Crippen molar-refractivity contribution in [1.29, 1.82) is 0 Å². The van der Waals surface area contributed by atoms with Gasteiger partial charge in [-0.1, -0.05) is 36.4 Å². The lowest BCUT2D eigenvalue weighted by molar-refractivity contribution is 0.302. The second kappa shape index (κ2) is 5.61. The van der Waals surface area contributed by atoms with E-state index in [9.17, 15) is 0 Å². The topological polar surface area (TPSA) is 34.1 Å². The number of anilines is 1. The molecule has 0 saturated carbocycles. The molecule has 2 aromatic carbocycles. The Balaban J connectivity index is 1.76. The lowest BCUT2D eigenvalue weighted by Crippen LogP contribution is -2.00. The van der Waals surface area contributed by atoms with Gasteiger partial charge in [0.15, 0.2) is 0 Å². The summed E-state index contributed by atoms with van der Waals surface area (Å²) in [6, 6.07) is 20.2. The molecule has 0 spiro atoms. The fourth-order valence-electron chi connectivity index (χ4n) is 2.11. The number of hydrogen-bond donors (Lipinski definition) is 1. The lowest BCUT2D eigenvalue weighted by Gasteiger charge is -2.08. The molecular formula is C17H16N2O. The fourth-order valence-corrected chi connectivity index (χ4v) is 2.11.